The number of H-pyrrole nitrogens is 1. The number of nitrogens with zero attached hydrogens (tertiary/aromatic N) is 1. The summed E-state index contributed by atoms with van der Waals surface area (Å²) in [5.74, 6) is 0.771. The van der Waals surface area contributed by atoms with Crippen LogP contribution < -0.4 is 19.7 Å². The lowest BCUT2D eigenvalue weighted by atomic mass is 10.0. The zero-order valence-corrected chi connectivity index (χ0v) is 23.2. The molecule has 0 aliphatic carbocycles. The molecule has 1 aliphatic heterocycles. The number of aromatic nitrogens is 1. The molecule has 1 saturated heterocycles. The predicted molar refractivity (Wildman–Crippen MR) is 157 cm³/mol. The molecule has 3 aromatic carbocycles. The first-order valence-corrected chi connectivity index (χ1v) is 15.3. The molecule has 9 heteroatoms. The molecule has 4 aromatic rings. The number of unbranched alkanes of at least 4 members (excludes halogenated alkanes) is 1. The minimum atomic E-state index is -3.46. The Morgan fingerprint density at radius 1 is 1.03 bits per heavy atom. The van der Waals surface area contributed by atoms with Gasteiger partial charge < -0.3 is 25.0 Å². The number of aromatic amines is 1. The molecule has 0 unspecified atom stereocenters. The van der Waals surface area contributed by atoms with Crippen LogP contribution in [0.15, 0.2) is 71.6 Å². The molecule has 0 bridgehead atoms. The summed E-state index contributed by atoms with van der Waals surface area (Å²) in [4.78, 5) is 6.00. The molecule has 2 heterocycles. The fourth-order valence-electron chi connectivity index (χ4n) is 5.18. The highest BCUT2D eigenvalue weighted by atomic mass is 32.2. The lowest BCUT2D eigenvalue weighted by molar-refractivity contribution is 0.103. The van der Waals surface area contributed by atoms with Crippen molar-refractivity contribution in [3.8, 4) is 5.75 Å². The van der Waals surface area contributed by atoms with Gasteiger partial charge in [-0.1, -0.05) is 37.6 Å². The molecule has 4 N–H and O–H groups in total. The summed E-state index contributed by atoms with van der Waals surface area (Å²) in [5, 5.41) is 16.3. The number of fused-ring (bicyclic) bond motifs is 3. The number of anilines is 1. The van der Waals surface area contributed by atoms with Crippen molar-refractivity contribution < 1.29 is 18.3 Å². The fourth-order valence-corrected chi connectivity index (χ4v) is 6.25. The molecule has 0 radical (unpaired) electrons. The summed E-state index contributed by atoms with van der Waals surface area (Å²) in [6, 6.07) is 21.5. The summed E-state index contributed by atoms with van der Waals surface area (Å²) in [5.41, 5.74) is 3.12. The van der Waals surface area contributed by atoms with Gasteiger partial charge in [-0.3, -0.25) is 0 Å². The van der Waals surface area contributed by atoms with Crippen LogP contribution in [0.3, 0.4) is 0 Å². The minimum Gasteiger partial charge on any atom is -0.490 e. The quantitative estimate of drug-likeness (QED) is 0.195. The zero-order chi connectivity index (χ0) is 27.2. The van der Waals surface area contributed by atoms with E-state index < -0.39 is 16.1 Å². The fraction of sp³-hybridized carbons (Fsp3) is 0.400. The molecule has 0 spiro atoms. The Balaban J connectivity index is 1.08. The van der Waals surface area contributed by atoms with Gasteiger partial charge in [0.15, 0.2) is 0 Å². The first-order chi connectivity index (χ1) is 18.9. The first-order valence-electron chi connectivity index (χ1n) is 13.8. The average Bonchev–Trinajstić information content (AvgIpc) is 3.35. The van der Waals surface area contributed by atoms with Crippen LogP contribution in [-0.2, 0) is 10.0 Å². The smallest absolute Gasteiger partial charge is 0.240 e. The van der Waals surface area contributed by atoms with Gasteiger partial charge in [0.2, 0.25) is 10.0 Å². The zero-order valence-electron chi connectivity index (χ0n) is 22.4. The second-order valence-corrected chi connectivity index (χ2v) is 12.0. The Kier molecular flexibility index (Phi) is 8.72. The van der Waals surface area contributed by atoms with Gasteiger partial charge in [-0.05, 0) is 61.7 Å². The van der Waals surface area contributed by atoms with E-state index in [-0.39, 0.29) is 6.61 Å². The number of hydrogen-bond donors (Lipinski definition) is 4. The lowest BCUT2D eigenvalue weighted by Crippen LogP contribution is -2.45. The van der Waals surface area contributed by atoms with Gasteiger partial charge in [0, 0.05) is 54.2 Å². The molecule has 0 amide bonds. The number of ether oxygens (including phenoxy) is 1. The summed E-state index contributed by atoms with van der Waals surface area (Å²) in [7, 11) is -3.46. The van der Waals surface area contributed by atoms with Gasteiger partial charge in [-0.25, -0.2) is 13.1 Å². The van der Waals surface area contributed by atoms with Gasteiger partial charge in [0.05, 0.1) is 10.4 Å². The second-order valence-electron chi connectivity index (χ2n) is 10.2. The largest absolute Gasteiger partial charge is 0.490 e. The van der Waals surface area contributed by atoms with Crippen LogP contribution >= 0.6 is 0 Å². The van der Waals surface area contributed by atoms with Crippen molar-refractivity contribution in [2.24, 2.45) is 0 Å². The van der Waals surface area contributed by atoms with Crippen LogP contribution in [-0.4, -0.2) is 63.4 Å². The lowest BCUT2D eigenvalue weighted by Gasteiger charge is -2.34. The van der Waals surface area contributed by atoms with Gasteiger partial charge in [-0.2, -0.15) is 0 Å². The van der Waals surface area contributed by atoms with Crippen molar-refractivity contribution in [3.05, 3.63) is 66.7 Å². The molecular formula is C30H38N4O4S. The highest BCUT2D eigenvalue weighted by Gasteiger charge is 2.21. The highest BCUT2D eigenvalue weighted by Crippen LogP contribution is 2.33. The summed E-state index contributed by atoms with van der Waals surface area (Å²) < 4.78 is 33.6. The van der Waals surface area contributed by atoms with Crippen LogP contribution in [0.4, 0.5) is 5.69 Å². The molecule has 1 aliphatic rings. The SMILES string of the molecule is CCCCNS(=O)(=O)c1ccc(N2CCC(NC[C@H](O)COc3cccc4[nH]c5ccccc5c34)CC2)cc1. The van der Waals surface area contributed by atoms with E-state index in [1.807, 2.05) is 49.4 Å². The maximum atomic E-state index is 12.4. The molecule has 8 nitrogen and oxygen atoms in total. The van der Waals surface area contributed by atoms with Crippen LogP contribution in [0, 0.1) is 0 Å². The maximum absolute atomic E-state index is 12.4. The topological polar surface area (TPSA) is 107 Å². The molecule has 1 aromatic heterocycles. The third-order valence-electron chi connectivity index (χ3n) is 7.39. The minimum absolute atomic E-state index is 0.215. The summed E-state index contributed by atoms with van der Waals surface area (Å²) in [6.45, 7) is 4.91. The number of hydrogen-bond acceptors (Lipinski definition) is 6. The van der Waals surface area contributed by atoms with Crippen molar-refractivity contribution in [1.29, 1.82) is 0 Å². The molecule has 0 saturated carbocycles. The highest BCUT2D eigenvalue weighted by molar-refractivity contribution is 7.89. The number of nitrogens with one attached hydrogen (secondary N) is 3. The van der Waals surface area contributed by atoms with Crippen LogP contribution in [0.5, 0.6) is 5.75 Å². The Morgan fingerprint density at radius 2 is 1.77 bits per heavy atom. The van der Waals surface area contributed by atoms with E-state index in [0.29, 0.717) is 24.0 Å². The molecular weight excluding hydrogens is 512 g/mol. The number of piperidine rings is 1. The molecule has 5 rings (SSSR count). The molecule has 208 valence electrons. The van der Waals surface area contributed by atoms with Crippen LogP contribution in [0.1, 0.15) is 32.6 Å². The Hall–Kier alpha value is -3.11. The molecule has 39 heavy (non-hydrogen) atoms. The average molecular weight is 551 g/mol. The standard InChI is InChI=1S/C30H38N4O4S/c1-2-3-17-32-39(36,37)25-13-11-23(12-14-25)34-18-15-22(16-19-34)31-20-24(35)21-38-29-10-6-9-28-30(29)26-7-4-5-8-27(26)33-28/h4-14,22,24,31-33,35H,2-3,15-21H2,1H3/t24-/m0/s1. The van der Waals surface area contributed by atoms with Crippen molar-refractivity contribution in [2.75, 3.05) is 37.7 Å². The Morgan fingerprint density at radius 3 is 2.54 bits per heavy atom. The van der Waals surface area contributed by atoms with Crippen molar-refractivity contribution in [1.82, 2.24) is 15.0 Å². The predicted octanol–water partition coefficient (Wildman–Crippen LogP) is 4.40. The normalized spacial score (nSPS) is 15.7. The third-order valence-corrected chi connectivity index (χ3v) is 8.87. The second kappa shape index (κ2) is 12.4. The summed E-state index contributed by atoms with van der Waals surface area (Å²) in [6.07, 6.45) is 3.04. The number of sulfonamides is 1. The number of aliphatic hydroxyl groups excluding tert-OH is 1. The first kappa shape index (κ1) is 27.5. The van der Waals surface area contributed by atoms with Crippen molar-refractivity contribution in [2.45, 2.75) is 49.6 Å². The number of rotatable bonds is 12. The Bertz CT molecular complexity index is 1480. The third kappa shape index (κ3) is 6.55. The monoisotopic (exact) mass is 550 g/mol. The van der Waals surface area contributed by atoms with Gasteiger partial charge in [0.1, 0.15) is 18.5 Å². The number of benzene rings is 3. The van der Waals surface area contributed by atoms with Crippen LogP contribution in [0.2, 0.25) is 0 Å². The van der Waals surface area contributed by atoms with E-state index in [2.05, 4.69) is 32.1 Å². The van der Waals surface area contributed by atoms with Crippen LogP contribution in [0.25, 0.3) is 21.8 Å². The number of para-hydroxylation sites is 1. The van der Waals surface area contributed by atoms with Gasteiger partial charge >= 0.3 is 0 Å². The van der Waals surface area contributed by atoms with E-state index >= 15 is 0 Å². The van der Waals surface area contributed by atoms with Gasteiger partial charge in [-0.15, -0.1) is 0 Å². The van der Waals surface area contributed by atoms with Gasteiger partial charge in [0.25, 0.3) is 0 Å². The summed E-state index contributed by atoms with van der Waals surface area (Å²) >= 11 is 0. The van der Waals surface area contributed by atoms with E-state index in [9.17, 15) is 13.5 Å². The van der Waals surface area contributed by atoms with E-state index in [1.54, 1.807) is 12.1 Å². The van der Waals surface area contributed by atoms with E-state index in [1.165, 1.54) is 0 Å². The molecule has 1 atom stereocenters. The number of aliphatic hydroxyl groups is 1. The van der Waals surface area contributed by atoms with E-state index in [4.69, 9.17) is 4.74 Å². The van der Waals surface area contributed by atoms with Crippen molar-refractivity contribution in [3.63, 3.8) is 0 Å². The Labute approximate surface area is 230 Å². The van der Waals surface area contributed by atoms with E-state index in [0.717, 1.165) is 72.0 Å². The molecule has 1 fully saturated rings. The van der Waals surface area contributed by atoms with Crippen molar-refractivity contribution >= 4 is 37.5 Å². The maximum Gasteiger partial charge on any atom is 0.240 e.